The molecule has 0 saturated carbocycles. The van der Waals surface area contributed by atoms with Gasteiger partial charge in [-0.1, -0.05) is 43.8 Å². The molecule has 11 heteroatoms. The van der Waals surface area contributed by atoms with E-state index in [1.807, 2.05) is 38.1 Å². The number of aromatic nitrogens is 3. The Labute approximate surface area is 204 Å². The zero-order valence-corrected chi connectivity index (χ0v) is 21.5. The molecule has 1 aromatic heterocycles. The van der Waals surface area contributed by atoms with Gasteiger partial charge >= 0.3 is 0 Å². The molecule has 0 unspecified atom stereocenters. The van der Waals surface area contributed by atoms with Gasteiger partial charge in [-0.2, -0.15) is 0 Å². The van der Waals surface area contributed by atoms with Crippen LogP contribution < -0.4 is 10.1 Å². The Kier molecular flexibility index (Phi) is 8.34. The Hall–Kier alpha value is -2.89. The highest BCUT2D eigenvalue weighted by molar-refractivity contribution is 7.99. The smallest absolute Gasteiger partial charge is 0.242 e. The third-order valence-corrected chi connectivity index (χ3v) is 7.60. The van der Waals surface area contributed by atoms with Crippen LogP contribution in [-0.2, 0) is 14.8 Å². The van der Waals surface area contributed by atoms with Crippen LogP contribution in [0.15, 0.2) is 58.6 Å². The van der Waals surface area contributed by atoms with E-state index in [1.165, 1.54) is 25.9 Å². The van der Waals surface area contributed by atoms with Crippen molar-refractivity contribution in [2.24, 2.45) is 5.92 Å². The number of ether oxygens (including phenoxy) is 1. The summed E-state index contributed by atoms with van der Waals surface area (Å²) in [5.41, 5.74) is 1.31. The minimum Gasteiger partial charge on any atom is -0.497 e. The number of rotatable bonds is 10. The Balaban J connectivity index is 2.04. The van der Waals surface area contributed by atoms with Crippen LogP contribution in [0.2, 0.25) is 0 Å². The Morgan fingerprint density at radius 2 is 1.88 bits per heavy atom. The predicted molar refractivity (Wildman–Crippen MR) is 133 cm³/mol. The lowest BCUT2D eigenvalue weighted by Crippen LogP contribution is -2.28. The number of carbonyl (C=O) groups is 1. The van der Waals surface area contributed by atoms with Crippen molar-refractivity contribution in [2.45, 2.75) is 23.9 Å². The van der Waals surface area contributed by atoms with Crippen molar-refractivity contribution in [3.05, 3.63) is 48.5 Å². The summed E-state index contributed by atoms with van der Waals surface area (Å²) >= 11 is 1.26. The molecule has 34 heavy (non-hydrogen) atoms. The van der Waals surface area contributed by atoms with Crippen LogP contribution in [0.1, 0.15) is 13.8 Å². The molecule has 1 heterocycles. The molecule has 0 aliphatic rings. The first-order chi connectivity index (χ1) is 16.1. The lowest BCUT2D eigenvalue weighted by atomic mass is 10.2. The van der Waals surface area contributed by atoms with E-state index in [0.717, 1.165) is 9.99 Å². The molecular formula is C23H29N5O4S2. The molecule has 0 aliphatic carbocycles. The van der Waals surface area contributed by atoms with Crippen molar-refractivity contribution < 1.29 is 17.9 Å². The minimum atomic E-state index is -3.63. The molecule has 0 radical (unpaired) electrons. The monoisotopic (exact) mass is 503 g/mol. The second-order valence-electron chi connectivity index (χ2n) is 8.14. The number of hydrogen-bond donors (Lipinski definition) is 1. The molecule has 182 valence electrons. The van der Waals surface area contributed by atoms with Crippen molar-refractivity contribution in [3.63, 3.8) is 0 Å². The van der Waals surface area contributed by atoms with Crippen molar-refractivity contribution in [1.29, 1.82) is 0 Å². The number of amides is 1. The first-order valence-corrected chi connectivity index (χ1v) is 13.1. The molecule has 0 atom stereocenters. The highest BCUT2D eigenvalue weighted by Gasteiger charge is 2.21. The zero-order chi connectivity index (χ0) is 24.9. The lowest BCUT2D eigenvalue weighted by molar-refractivity contribution is -0.118. The number of methoxy groups -OCH3 is 1. The first kappa shape index (κ1) is 25.7. The fourth-order valence-electron chi connectivity index (χ4n) is 3.04. The van der Waals surface area contributed by atoms with Crippen molar-refractivity contribution >= 4 is 27.7 Å². The molecular weight excluding hydrogens is 474 g/mol. The quantitative estimate of drug-likeness (QED) is 0.424. The van der Waals surface area contributed by atoms with Gasteiger partial charge in [0.1, 0.15) is 5.75 Å². The second-order valence-corrected chi connectivity index (χ2v) is 11.2. The average molecular weight is 504 g/mol. The van der Waals surface area contributed by atoms with E-state index in [-0.39, 0.29) is 16.6 Å². The number of thioether (sulfide) groups is 1. The van der Waals surface area contributed by atoms with Gasteiger partial charge in [0.2, 0.25) is 15.9 Å². The molecule has 0 aliphatic heterocycles. The summed E-state index contributed by atoms with van der Waals surface area (Å²) in [4.78, 5) is 12.4. The molecule has 9 nitrogen and oxygen atoms in total. The normalized spacial score (nSPS) is 11.7. The van der Waals surface area contributed by atoms with E-state index in [4.69, 9.17) is 4.74 Å². The third kappa shape index (κ3) is 5.96. The zero-order valence-electron chi connectivity index (χ0n) is 19.8. The number of carbonyl (C=O) groups excluding carboxylic acids is 1. The van der Waals surface area contributed by atoms with Gasteiger partial charge in [0, 0.05) is 32.3 Å². The Morgan fingerprint density at radius 1 is 1.15 bits per heavy atom. The fourth-order valence-corrected chi connectivity index (χ4v) is 4.77. The highest BCUT2D eigenvalue weighted by atomic mass is 32.2. The van der Waals surface area contributed by atoms with Crippen LogP contribution in [0.5, 0.6) is 5.75 Å². The molecule has 0 spiro atoms. The molecule has 2 aromatic carbocycles. The van der Waals surface area contributed by atoms with Crippen LogP contribution in [0.25, 0.3) is 17.1 Å². The van der Waals surface area contributed by atoms with Crippen LogP contribution in [-0.4, -0.2) is 66.9 Å². The first-order valence-electron chi connectivity index (χ1n) is 10.7. The molecule has 1 amide bonds. The third-order valence-electron chi connectivity index (χ3n) is 4.86. The van der Waals surface area contributed by atoms with Gasteiger partial charge in [0.15, 0.2) is 11.0 Å². The summed E-state index contributed by atoms with van der Waals surface area (Å²) in [6, 6.07) is 13.9. The second kappa shape index (κ2) is 11.0. The average Bonchev–Trinajstić information content (AvgIpc) is 3.25. The molecule has 3 aromatic rings. The number of nitrogens with zero attached hydrogens (tertiary/aromatic N) is 4. The number of hydrogen-bond acceptors (Lipinski definition) is 7. The molecule has 0 fully saturated rings. The van der Waals surface area contributed by atoms with Crippen molar-refractivity contribution in [2.75, 3.05) is 33.5 Å². The maximum absolute atomic E-state index is 12.7. The predicted octanol–water partition coefficient (Wildman–Crippen LogP) is 3.06. The van der Waals surface area contributed by atoms with E-state index in [0.29, 0.717) is 34.8 Å². The van der Waals surface area contributed by atoms with Gasteiger partial charge in [-0.3, -0.25) is 9.36 Å². The number of sulfonamides is 1. The van der Waals surface area contributed by atoms with Crippen LogP contribution in [0.4, 0.5) is 0 Å². The summed E-state index contributed by atoms with van der Waals surface area (Å²) in [5, 5.41) is 12.1. The summed E-state index contributed by atoms with van der Waals surface area (Å²) in [7, 11) is 0.926. The summed E-state index contributed by atoms with van der Waals surface area (Å²) < 4.78 is 33.7. The van der Waals surface area contributed by atoms with E-state index >= 15 is 0 Å². The van der Waals surface area contributed by atoms with Gasteiger partial charge in [-0.05, 0) is 30.2 Å². The largest absolute Gasteiger partial charge is 0.497 e. The van der Waals surface area contributed by atoms with Gasteiger partial charge < -0.3 is 10.1 Å². The van der Waals surface area contributed by atoms with Gasteiger partial charge in [0.05, 0.1) is 23.4 Å². The summed E-state index contributed by atoms with van der Waals surface area (Å²) in [6.45, 7) is 4.66. The van der Waals surface area contributed by atoms with Crippen molar-refractivity contribution in [3.8, 4) is 22.8 Å². The van der Waals surface area contributed by atoms with Gasteiger partial charge in [-0.25, -0.2) is 12.7 Å². The molecule has 0 bridgehead atoms. The van der Waals surface area contributed by atoms with E-state index < -0.39 is 10.0 Å². The SMILES string of the molecule is COc1cccc(-n2c(SCC(=O)NCC(C)C)nnc2-c2cccc(S(=O)(=O)N(C)C)c2)c1. The Morgan fingerprint density at radius 3 is 2.56 bits per heavy atom. The number of nitrogens with one attached hydrogen (secondary N) is 1. The maximum Gasteiger partial charge on any atom is 0.242 e. The molecule has 3 rings (SSSR count). The molecule has 0 saturated heterocycles. The fraction of sp³-hybridized carbons (Fsp3) is 0.348. The standard InChI is InChI=1S/C23H29N5O4S2/c1-16(2)14-24-21(29)15-33-23-26-25-22(28(23)18-9-7-10-19(13-18)32-5)17-8-6-11-20(12-17)34(30,31)27(3)4/h6-13,16H,14-15H2,1-5H3,(H,24,29). The molecule has 1 N–H and O–H groups in total. The Bertz CT molecular complexity index is 1260. The van der Waals surface area contributed by atoms with Crippen LogP contribution in [0, 0.1) is 5.92 Å². The highest BCUT2D eigenvalue weighted by Crippen LogP contribution is 2.30. The van der Waals surface area contributed by atoms with E-state index in [9.17, 15) is 13.2 Å². The lowest BCUT2D eigenvalue weighted by Gasteiger charge is -2.14. The van der Waals surface area contributed by atoms with Crippen molar-refractivity contribution in [1.82, 2.24) is 24.4 Å². The van der Waals surface area contributed by atoms with Crippen LogP contribution in [0.3, 0.4) is 0 Å². The van der Waals surface area contributed by atoms with Gasteiger partial charge in [0.25, 0.3) is 0 Å². The van der Waals surface area contributed by atoms with E-state index in [2.05, 4.69) is 15.5 Å². The summed E-state index contributed by atoms with van der Waals surface area (Å²) in [6.07, 6.45) is 0. The van der Waals surface area contributed by atoms with E-state index in [1.54, 1.807) is 35.9 Å². The van der Waals surface area contributed by atoms with Crippen LogP contribution >= 0.6 is 11.8 Å². The summed E-state index contributed by atoms with van der Waals surface area (Å²) in [5.74, 6) is 1.52. The topological polar surface area (TPSA) is 106 Å². The maximum atomic E-state index is 12.7. The van der Waals surface area contributed by atoms with Gasteiger partial charge in [-0.15, -0.1) is 10.2 Å². The minimum absolute atomic E-state index is 0.0977. The number of benzene rings is 2.